The largest absolute Gasteiger partial charge is 0.468 e. The number of oxazole rings is 1. The highest BCUT2D eigenvalue weighted by Gasteiger charge is 2.24. The molecule has 4 rings (SSSR count). The first-order chi connectivity index (χ1) is 13.7. The molecule has 1 fully saturated rings. The fourth-order valence-electron chi connectivity index (χ4n) is 3.86. The second-order valence-electron chi connectivity index (χ2n) is 7.17. The molecule has 3 heterocycles. The number of amides is 1. The van der Waals surface area contributed by atoms with Gasteiger partial charge in [0.25, 0.3) is 0 Å². The molecule has 1 aromatic carbocycles. The summed E-state index contributed by atoms with van der Waals surface area (Å²) < 4.78 is 12.3. The number of likely N-dealkylation sites (tertiary alicyclic amines) is 1. The number of nitrogens with zero attached hydrogens (tertiary/aromatic N) is 2. The average molecular weight is 383 g/mol. The van der Waals surface area contributed by atoms with Crippen molar-refractivity contribution in [3.05, 3.63) is 59.0 Å². The number of carbonyl (C=O) groups excluding carboxylic acids is 1. The molecule has 0 aliphatic carbocycles. The van der Waals surface area contributed by atoms with E-state index in [-0.39, 0.29) is 24.9 Å². The number of benzene rings is 1. The molecular weight excluding hydrogens is 358 g/mol. The van der Waals surface area contributed by atoms with Crippen molar-refractivity contribution in [1.82, 2.24) is 14.8 Å². The molecule has 148 valence electrons. The molecule has 1 atom stereocenters. The zero-order chi connectivity index (χ0) is 19.3. The van der Waals surface area contributed by atoms with Gasteiger partial charge in [-0.05, 0) is 50.2 Å². The summed E-state index contributed by atoms with van der Waals surface area (Å²) in [6.07, 6.45) is 5.48. The van der Waals surface area contributed by atoms with E-state index in [1.165, 1.54) is 23.8 Å². The standard InChI is InChI=1S/C21H25N3O4/c25-20(10-13-24-16-7-2-3-8-19(16)28-21(24)26)22-15-17(18-9-6-14-27-18)23-11-4-1-5-12-23/h2-3,6-9,14,17H,1,4-5,10-13,15H2,(H,22,25). The molecule has 1 N–H and O–H groups in total. The molecule has 28 heavy (non-hydrogen) atoms. The number of fused-ring (bicyclic) bond motifs is 1. The Kier molecular flexibility index (Phi) is 5.62. The fraction of sp³-hybridized carbons (Fsp3) is 0.429. The lowest BCUT2D eigenvalue weighted by molar-refractivity contribution is -0.121. The Bertz CT molecular complexity index is 967. The molecule has 0 radical (unpaired) electrons. The second kappa shape index (κ2) is 8.48. The summed E-state index contributed by atoms with van der Waals surface area (Å²) in [5.74, 6) is 0.348. The quantitative estimate of drug-likeness (QED) is 0.678. The van der Waals surface area contributed by atoms with Gasteiger partial charge in [-0.25, -0.2) is 4.79 Å². The van der Waals surface area contributed by atoms with Crippen molar-refractivity contribution in [2.45, 2.75) is 38.3 Å². The number of piperidine rings is 1. The number of furan rings is 1. The van der Waals surface area contributed by atoms with Crippen LogP contribution in [0.25, 0.3) is 11.1 Å². The smallest absolute Gasteiger partial charge is 0.419 e. The van der Waals surface area contributed by atoms with Gasteiger partial charge in [0.15, 0.2) is 5.58 Å². The summed E-state index contributed by atoms with van der Waals surface area (Å²) >= 11 is 0. The third-order valence-corrected chi connectivity index (χ3v) is 5.33. The lowest BCUT2D eigenvalue weighted by atomic mass is 10.1. The van der Waals surface area contributed by atoms with Crippen LogP contribution in [0, 0.1) is 0 Å². The van der Waals surface area contributed by atoms with E-state index in [9.17, 15) is 9.59 Å². The predicted molar refractivity (Wildman–Crippen MR) is 105 cm³/mol. The molecule has 0 spiro atoms. The third kappa shape index (κ3) is 4.04. The number of aromatic nitrogens is 1. The number of aryl methyl sites for hydroxylation is 1. The molecule has 7 heteroatoms. The third-order valence-electron chi connectivity index (χ3n) is 5.33. The maximum atomic E-state index is 12.4. The van der Waals surface area contributed by atoms with Crippen molar-refractivity contribution >= 4 is 17.0 Å². The summed E-state index contributed by atoms with van der Waals surface area (Å²) in [5.41, 5.74) is 1.25. The Hall–Kier alpha value is -2.80. The van der Waals surface area contributed by atoms with Crippen LogP contribution < -0.4 is 11.1 Å². The Labute approximate surface area is 162 Å². The lowest BCUT2D eigenvalue weighted by Gasteiger charge is -2.33. The molecular formula is C21H25N3O4. The SMILES string of the molecule is O=C(CCn1c(=O)oc2ccccc21)NCC(c1ccco1)N1CCCCC1. The van der Waals surface area contributed by atoms with Gasteiger partial charge in [-0.3, -0.25) is 14.3 Å². The van der Waals surface area contributed by atoms with Gasteiger partial charge in [0.2, 0.25) is 5.91 Å². The van der Waals surface area contributed by atoms with E-state index in [2.05, 4.69) is 10.2 Å². The number of rotatable bonds is 7. The van der Waals surface area contributed by atoms with Crippen molar-refractivity contribution in [2.24, 2.45) is 0 Å². The molecule has 1 unspecified atom stereocenters. The molecule has 7 nitrogen and oxygen atoms in total. The minimum absolute atomic E-state index is 0.0386. The Morgan fingerprint density at radius 1 is 1.11 bits per heavy atom. The maximum absolute atomic E-state index is 12.4. The van der Waals surface area contributed by atoms with E-state index < -0.39 is 5.76 Å². The number of nitrogens with one attached hydrogen (secondary N) is 1. The van der Waals surface area contributed by atoms with Gasteiger partial charge in [0.05, 0.1) is 17.8 Å². The monoisotopic (exact) mass is 383 g/mol. The summed E-state index contributed by atoms with van der Waals surface area (Å²) in [6.45, 7) is 2.81. The number of hydrogen-bond donors (Lipinski definition) is 1. The van der Waals surface area contributed by atoms with Crippen LogP contribution in [0.4, 0.5) is 0 Å². The normalized spacial score (nSPS) is 16.3. The van der Waals surface area contributed by atoms with Crippen molar-refractivity contribution in [2.75, 3.05) is 19.6 Å². The first-order valence-electron chi connectivity index (χ1n) is 9.85. The highest BCUT2D eigenvalue weighted by molar-refractivity contribution is 5.76. The number of hydrogen-bond acceptors (Lipinski definition) is 5. The van der Waals surface area contributed by atoms with Crippen LogP contribution in [0.5, 0.6) is 0 Å². The van der Waals surface area contributed by atoms with Crippen molar-refractivity contribution in [3.63, 3.8) is 0 Å². The topological polar surface area (TPSA) is 80.6 Å². The van der Waals surface area contributed by atoms with Crippen molar-refractivity contribution < 1.29 is 13.6 Å². The fourth-order valence-corrected chi connectivity index (χ4v) is 3.86. The van der Waals surface area contributed by atoms with Gasteiger partial charge < -0.3 is 14.2 Å². The van der Waals surface area contributed by atoms with Gasteiger partial charge in [0.1, 0.15) is 5.76 Å². The van der Waals surface area contributed by atoms with Crippen molar-refractivity contribution in [1.29, 1.82) is 0 Å². The minimum atomic E-state index is -0.434. The summed E-state index contributed by atoms with van der Waals surface area (Å²) in [7, 11) is 0. The Morgan fingerprint density at radius 3 is 2.71 bits per heavy atom. The van der Waals surface area contributed by atoms with Crippen LogP contribution in [-0.2, 0) is 11.3 Å². The van der Waals surface area contributed by atoms with Gasteiger partial charge in [0, 0.05) is 19.5 Å². The molecule has 1 amide bonds. The van der Waals surface area contributed by atoms with Crippen LogP contribution in [0.15, 0.2) is 56.3 Å². The minimum Gasteiger partial charge on any atom is -0.468 e. The van der Waals surface area contributed by atoms with Crippen LogP contribution in [-0.4, -0.2) is 35.0 Å². The van der Waals surface area contributed by atoms with Crippen LogP contribution >= 0.6 is 0 Å². The van der Waals surface area contributed by atoms with Gasteiger partial charge in [-0.2, -0.15) is 0 Å². The molecule has 3 aromatic rings. The average Bonchev–Trinajstić information content (AvgIpc) is 3.35. The Balaban J connectivity index is 1.37. The highest BCUT2D eigenvalue weighted by Crippen LogP contribution is 2.24. The van der Waals surface area contributed by atoms with E-state index in [1.807, 2.05) is 30.3 Å². The van der Waals surface area contributed by atoms with Gasteiger partial charge in [-0.15, -0.1) is 0 Å². The van der Waals surface area contributed by atoms with E-state index in [0.29, 0.717) is 17.6 Å². The number of para-hydroxylation sites is 2. The summed E-state index contributed by atoms with van der Waals surface area (Å²) in [5, 5.41) is 3.01. The molecule has 1 aliphatic heterocycles. The zero-order valence-electron chi connectivity index (χ0n) is 15.8. The molecule has 2 aromatic heterocycles. The van der Waals surface area contributed by atoms with E-state index in [4.69, 9.17) is 8.83 Å². The van der Waals surface area contributed by atoms with Gasteiger partial charge >= 0.3 is 5.76 Å². The predicted octanol–water partition coefficient (Wildman–Crippen LogP) is 2.92. The second-order valence-corrected chi connectivity index (χ2v) is 7.17. The molecule has 0 saturated carbocycles. The van der Waals surface area contributed by atoms with E-state index in [0.717, 1.165) is 18.8 Å². The molecule has 1 saturated heterocycles. The Morgan fingerprint density at radius 2 is 1.93 bits per heavy atom. The molecule has 1 aliphatic rings. The van der Waals surface area contributed by atoms with Crippen LogP contribution in [0.2, 0.25) is 0 Å². The highest BCUT2D eigenvalue weighted by atomic mass is 16.4. The number of carbonyl (C=O) groups is 1. The first-order valence-corrected chi connectivity index (χ1v) is 9.85. The zero-order valence-corrected chi connectivity index (χ0v) is 15.8. The lowest BCUT2D eigenvalue weighted by Crippen LogP contribution is -2.40. The van der Waals surface area contributed by atoms with E-state index >= 15 is 0 Å². The van der Waals surface area contributed by atoms with Crippen molar-refractivity contribution in [3.8, 4) is 0 Å². The van der Waals surface area contributed by atoms with Gasteiger partial charge in [-0.1, -0.05) is 18.6 Å². The summed E-state index contributed by atoms with van der Waals surface area (Å²) in [4.78, 5) is 26.8. The molecule has 0 bridgehead atoms. The maximum Gasteiger partial charge on any atom is 0.419 e. The van der Waals surface area contributed by atoms with E-state index in [1.54, 1.807) is 12.3 Å². The van der Waals surface area contributed by atoms with Crippen LogP contribution in [0.1, 0.15) is 37.5 Å². The van der Waals surface area contributed by atoms with Crippen LogP contribution in [0.3, 0.4) is 0 Å². The first kappa shape index (κ1) is 18.6. The summed E-state index contributed by atoms with van der Waals surface area (Å²) in [6, 6.07) is 11.1.